The average Bonchev–Trinajstić information content (AvgIpc) is 2.92. The van der Waals surface area contributed by atoms with Crippen LogP contribution in [-0.4, -0.2) is 22.9 Å². The van der Waals surface area contributed by atoms with E-state index in [9.17, 15) is 14.9 Å². The monoisotopic (exact) mass is 278 g/mol. The number of carbonyl (C=O) groups excluding carboxylic acids is 1. The highest BCUT2D eigenvalue weighted by atomic mass is 32.1. The van der Waals surface area contributed by atoms with Crippen LogP contribution in [0.15, 0.2) is 35.8 Å². The largest absolute Gasteiger partial charge is 0.287 e. The Labute approximate surface area is 112 Å². The number of thiophene rings is 1. The zero-order valence-corrected chi connectivity index (χ0v) is 10.8. The minimum absolute atomic E-state index is 0.0956. The molecule has 8 heteroatoms. The summed E-state index contributed by atoms with van der Waals surface area (Å²) in [6.07, 6.45) is 1.14. The van der Waals surface area contributed by atoms with Crippen molar-refractivity contribution in [1.29, 1.82) is 0 Å². The van der Waals surface area contributed by atoms with Gasteiger partial charge in [-0.1, -0.05) is 6.07 Å². The summed E-state index contributed by atoms with van der Waals surface area (Å²) in [7, 11) is 1.61. The number of anilines is 1. The Morgan fingerprint density at radius 3 is 2.79 bits per heavy atom. The lowest BCUT2D eigenvalue weighted by Crippen LogP contribution is -2.39. The molecular formula is C11H10N4O3S. The zero-order chi connectivity index (χ0) is 13.8. The van der Waals surface area contributed by atoms with Gasteiger partial charge in [0.15, 0.2) is 0 Å². The Bertz CT molecular complexity index is 582. The Morgan fingerprint density at radius 1 is 1.47 bits per heavy atom. The van der Waals surface area contributed by atoms with Gasteiger partial charge in [0, 0.05) is 13.1 Å². The molecule has 0 atom stereocenters. The lowest BCUT2D eigenvalue weighted by atomic mass is 10.4. The summed E-state index contributed by atoms with van der Waals surface area (Å²) in [5.41, 5.74) is 2.52. The lowest BCUT2D eigenvalue weighted by molar-refractivity contribution is -0.385. The van der Waals surface area contributed by atoms with Crippen molar-refractivity contribution in [3.05, 3.63) is 50.8 Å². The zero-order valence-electron chi connectivity index (χ0n) is 9.94. The Hall–Kier alpha value is -2.48. The van der Waals surface area contributed by atoms with Crippen molar-refractivity contribution in [2.24, 2.45) is 0 Å². The summed E-state index contributed by atoms with van der Waals surface area (Å²) in [4.78, 5) is 26.2. The molecule has 0 aliphatic heterocycles. The summed E-state index contributed by atoms with van der Waals surface area (Å²) in [5, 5.41) is 13.7. The van der Waals surface area contributed by atoms with E-state index < -0.39 is 4.92 Å². The molecule has 2 aromatic heterocycles. The smallest absolute Gasteiger partial charge is 0.271 e. The minimum atomic E-state index is -0.527. The summed E-state index contributed by atoms with van der Waals surface area (Å²) in [6, 6.07) is 6.28. The van der Waals surface area contributed by atoms with E-state index in [-0.39, 0.29) is 11.6 Å². The molecule has 0 bridgehead atoms. The first-order valence-corrected chi connectivity index (χ1v) is 6.14. The van der Waals surface area contributed by atoms with Gasteiger partial charge in [0.1, 0.15) is 12.0 Å². The quantitative estimate of drug-likeness (QED) is 0.681. The van der Waals surface area contributed by atoms with E-state index in [2.05, 4.69) is 10.4 Å². The van der Waals surface area contributed by atoms with Gasteiger partial charge in [-0.2, -0.15) is 0 Å². The van der Waals surface area contributed by atoms with Crippen molar-refractivity contribution in [2.45, 2.75) is 0 Å². The number of nitrogens with zero attached hydrogens (tertiary/aromatic N) is 3. The summed E-state index contributed by atoms with van der Waals surface area (Å²) in [6.45, 7) is 0. The van der Waals surface area contributed by atoms with E-state index >= 15 is 0 Å². The van der Waals surface area contributed by atoms with E-state index in [1.807, 2.05) is 0 Å². The van der Waals surface area contributed by atoms with Gasteiger partial charge in [-0.15, -0.1) is 11.3 Å². The third-order valence-electron chi connectivity index (χ3n) is 2.30. The number of carbonyl (C=O) groups is 1. The maximum absolute atomic E-state index is 11.8. The summed E-state index contributed by atoms with van der Waals surface area (Å²) in [5.74, 6) is 0.160. The number of hydrazine groups is 1. The average molecular weight is 278 g/mol. The van der Waals surface area contributed by atoms with Crippen molar-refractivity contribution in [3.63, 3.8) is 0 Å². The number of aromatic nitrogens is 1. The summed E-state index contributed by atoms with van der Waals surface area (Å²) >= 11 is 1.33. The molecule has 0 saturated carbocycles. The highest BCUT2D eigenvalue weighted by Crippen LogP contribution is 2.14. The van der Waals surface area contributed by atoms with Crippen molar-refractivity contribution in [2.75, 3.05) is 12.1 Å². The van der Waals surface area contributed by atoms with Gasteiger partial charge in [0.2, 0.25) is 0 Å². The molecule has 0 unspecified atom stereocenters. The molecule has 19 heavy (non-hydrogen) atoms. The van der Waals surface area contributed by atoms with E-state index in [1.165, 1.54) is 28.5 Å². The highest BCUT2D eigenvalue weighted by molar-refractivity contribution is 7.12. The molecule has 2 rings (SSSR count). The molecule has 98 valence electrons. The van der Waals surface area contributed by atoms with Crippen LogP contribution in [0.3, 0.4) is 0 Å². The first kappa shape index (κ1) is 13.0. The first-order chi connectivity index (χ1) is 9.08. The number of amides is 1. The second kappa shape index (κ2) is 5.44. The van der Waals surface area contributed by atoms with Gasteiger partial charge < -0.3 is 0 Å². The molecule has 0 fully saturated rings. The lowest BCUT2D eigenvalue weighted by Gasteiger charge is -2.18. The van der Waals surface area contributed by atoms with E-state index in [4.69, 9.17) is 0 Å². The molecular weight excluding hydrogens is 268 g/mol. The van der Waals surface area contributed by atoms with Crippen LogP contribution in [-0.2, 0) is 0 Å². The molecule has 0 aliphatic carbocycles. The fraction of sp³-hybridized carbons (Fsp3) is 0.0909. The van der Waals surface area contributed by atoms with Crippen LogP contribution in [0.4, 0.5) is 11.5 Å². The van der Waals surface area contributed by atoms with E-state index in [0.29, 0.717) is 10.7 Å². The number of rotatable bonds is 4. The number of hydrogen-bond acceptors (Lipinski definition) is 6. The maximum atomic E-state index is 11.8. The molecule has 1 amide bonds. The Balaban J connectivity index is 2.05. The molecule has 0 aromatic carbocycles. The molecule has 1 N–H and O–H groups in total. The normalized spacial score (nSPS) is 9.95. The third-order valence-corrected chi connectivity index (χ3v) is 3.17. The number of pyridine rings is 1. The number of hydrogen-bond donors (Lipinski definition) is 1. The van der Waals surface area contributed by atoms with Crippen LogP contribution < -0.4 is 10.4 Å². The minimum Gasteiger partial charge on any atom is -0.271 e. The van der Waals surface area contributed by atoms with Crippen molar-refractivity contribution in [3.8, 4) is 0 Å². The van der Waals surface area contributed by atoms with Crippen LogP contribution in [0, 0.1) is 10.1 Å². The highest BCUT2D eigenvalue weighted by Gasteiger charge is 2.12. The van der Waals surface area contributed by atoms with E-state index in [0.717, 1.165) is 6.20 Å². The second-order valence-corrected chi connectivity index (χ2v) is 4.56. The van der Waals surface area contributed by atoms with Crippen LogP contribution in [0.1, 0.15) is 9.67 Å². The summed E-state index contributed by atoms with van der Waals surface area (Å²) < 4.78 is 0. The predicted octanol–water partition coefficient (Wildman–Crippen LogP) is 1.83. The molecule has 0 spiro atoms. The maximum Gasteiger partial charge on any atom is 0.287 e. The van der Waals surface area contributed by atoms with Gasteiger partial charge >= 0.3 is 0 Å². The first-order valence-electron chi connectivity index (χ1n) is 5.26. The van der Waals surface area contributed by atoms with Gasteiger partial charge in [0.05, 0.1) is 9.80 Å². The van der Waals surface area contributed by atoms with Crippen LogP contribution >= 0.6 is 11.3 Å². The van der Waals surface area contributed by atoms with Gasteiger partial charge in [-0.25, -0.2) is 4.98 Å². The predicted molar refractivity (Wildman–Crippen MR) is 71.1 cm³/mol. The fourth-order valence-corrected chi connectivity index (χ4v) is 1.97. The topological polar surface area (TPSA) is 88.4 Å². The number of nitro groups is 1. The standard InChI is InChI=1S/C11H10N4O3S/c1-14(13-11(16)9-3-2-6-19-9)10-5-4-8(7-12-10)15(17)18/h2-7H,1H3,(H,13,16). The van der Waals surface area contributed by atoms with E-state index in [1.54, 1.807) is 24.6 Å². The van der Waals surface area contributed by atoms with Crippen LogP contribution in [0.25, 0.3) is 0 Å². The molecule has 0 saturated heterocycles. The van der Waals surface area contributed by atoms with Crippen molar-refractivity contribution < 1.29 is 9.72 Å². The fourth-order valence-electron chi connectivity index (χ4n) is 1.36. The molecule has 7 nitrogen and oxygen atoms in total. The van der Waals surface area contributed by atoms with Gasteiger partial charge in [-0.05, 0) is 17.5 Å². The molecule has 2 heterocycles. The Morgan fingerprint density at radius 2 is 2.26 bits per heavy atom. The third kappa shape index (κ3) is 3.05. The number of nitrogens with one attached hydrogen (secondary N) is 1. The van der Waals surface area contributed by atoms with Crippen LogP contribution in [0.2, 0.25) is 0 Å². The molecule has 0 aliphatic rings. The second-order valence-electron chi connectivity index (χ2n) is 3.61. The van der Waals surface area contributed by atoms with Gasteiger partial charge in [0.25, 0.3) is 11.6 Å². The molecule has 2 aromatic rings. The Kier molecular flexibility index (Phi) is 3.71. The van der Waals surface area contributed by atoms with Crippen LogP contribution in [0.5, 0.6) is 0 Å². The van der Waals surface area contributed by atoms with Crippen molar-refractivity contribution >= 4 is 28.7 Å². The van der Waals surface area contributed by atoms with Crippen molar-refractivity contribution in [1.82, 2.24) is 10.4 Å². The van der Waals surface area contributed by atoms with Gasteiger partial charge in [-0.3, -0.25) is 25.3 Å². The SMILES string of the molecule is CN(NC(=O)c1cccs1)c1ccc([N+](=O)[O-])cn1. The molecule has 0 radical (unpaired) electrons.